The highest BCUT2D eigenvalue weighted by Gasteiger charge is 2.44. The van der Waals surface area contributed by atoms with E-state index >= 15 is 0 Å². The lowest BCUT2D eigenvalue weighted by Crippen LogP contribution is -2.47. The highest BCUT2D eigenvalue weighted by molar-refractivity contribution is 7.90. The molecule has 1 atom stereocenters. The van der Waals surface area contributed by atoms with E-state index in [9.17, 15) is 27.6 Å². The van der Waals surface area contributed by atoms with Crippen LogP contribution in [0.2, 0.25) is 10.0 Å². The third-order valence-electron chi connectivity index (χ3n) is 5.45. The Bertz CT molecular complexity index is 1540. The summed E-state index contributed by atoms with van der Waals surface area (Å²) < 4.78 is 34.1. The Balaban J connectivity index is 1.69. The quantitative estimate of drug-likeness (QED) is 0.202. The average molecular weight is 538 g/mol. The molecule has 0 unspecified atom stereocenters. The summed E-state index contributed by atoms with van der Waals surface area (Å²) in [6, 6.07) is 6.52. The van der Waals surface area contributed by atoms with Crippen molar-refractivity contribution in [3.63, 3.8) is 0 Å². The average Bonchev–Trinajstić information content (AvgIpc) is 2.97. The van der Waals surface area contributed by atoms with E-state index in [0.717, 1.165) is 6.26 Å². The molecule has 0 bridgehead atoms. The van der Waals surface area contributed by atoms with Gasteiger partial charge in [0.05, 0.1) is 26.9 Å². The Hall–Kier alpha value is -3.21. The van der Waals surface area contributed by atoms with Gasteiger partial charge in [-0.05, 0) is 43.2 Å². The molecule has 35 heavy (non-hydrogen) atoms. The molecule has 12 heteroatoms. The molecule has 0 saturated carbocycles. The fraction of sp³-hybridized carbons (Fsp3) is 0.217. The first-order valence-corrected chi connectivity index (χ1v) is 13.0. The number of aryl methyl sites for hydroxylation is 1. The molecule has 182 valence electrons. The number of benzene rings is 2. The number of halogens is 2. The molecule has 0 fully saturated rings. The standard InChI is InChI=1S/C23H17Cl2NO8S/c1-11-7-20(27)34-19-8-12(3-4-13(11)19)33-23(30)18(5-6-35(2,31)32)26-21(28)14-9-16(24)17(25)10-15(14)22(26)29/h3-4,7-10,18H,5-6H2,1-2H3/t18-/m1/s1. The number of amides is 2. The first kappa shape index (κ1) is 24.9. The molecule has 1 aromatic heterocycles. The predicted octanol–water partition coefficient (Wildman–Crippen LogP) is 3.41. The second-order valence-corrected chi connectivity index (χ2v) is 11.1. The minimum atomic E-state index is -3.56. The summed E-state index contributed by atoms with van der Waals surface area (Å²) in [5.41, 5.74) is 0.100. The minimum absolute atomic E-state index is 0.0247. The fourth-order valence-corrected chi connectivity index (χ4v) is 4.75. The van der Waals surface area contributed by atoms with Gasteiger partial charge in [-0.3, -0.25) is 14.5 Å². The molecule has 0 N–H and O–H groups in total. The summed E-state index contributed by atoms with van der Waals surface area (Å²) in [5.74, 6) is -3.23. The molecule has 1 aliphatic heterocycles. The van der Waals surface area contributed by atoms with Crippen molar-refractivity contribution in [2.75, 3.05) is 12.0 Å². The van der Waals surface area contributed by atoms with Gasteiger partial charge in [0.25, 0.3) is 11.8 Å². The topological polar surface area (TPSA) is 128 Å². The molecule has 0 radical (unpaired) electrons. The summed E-state index contributed by atoms with van der Waals surface area (Å²) in [4.78, 5) is 51.6. The number of nitrogens with zero attached hydrogens (tertiary/aromatic N) is 1. The lowest BCUT2D eigenvalue weighted by atomic mass is 10.1. The zero-order chi connectivity index (χ0) is 25.7. The van der Waals surface area contributed by atoms with E-state index in [0.29, 0.717) is 15.8 Å². The van der Waals surface area contributed by atoms with Crippen molar-refractivity contribution in [3.05, 3.63) is 73.6 Å². The number of fused-ring (bicyclic) bond motifs is 2. The molecule has 0 saturated heterocycles. The van der Waals surface area contributed by atoms with E-state index in [-0.39, 0.29) is 32.5 Å². The van der Waals surface area contributed by atoms with E-state index in [4.69, 9.17) is 32.4 Å². The van der Waals surface area contributed by atoms with Gasteiger partial charge < -0.3 is 9.15 Å². The monoisotopic (exact) mass is 537 g/mol. The van der Waals surface area contributed by atoms with Gasteiger partial charge in [0.15, 0.2) is 0 Å². The zero-order valence-corrected chi connectivity index (χ0v) is 20.7. The molecule has 2 amide bonds. The van der Waals surface area contributed by atoms with Crippen LogP contribution in [0.1, 0.15) is 32.7 Å². The van der Waals surface area contributed by atoms with Crippen molar-refractivity contribution >= 4 is 61.8 Å². The van der Waals surface area contributed by atoms with Gasteiger partial charge in [-0.15, -0.1) is 0 Å². The Kier molecular flexibility index (Phi) is 6.48. The number of hydrogen-bond donors (Lipinski definition) is 0. The molecule has 0 spiro atoms. The van der Waals surface area contributed by atoms with Crippen LogP contribution in [0.4, 0.5) is 0 Å². The molecule has 4 rings (SSSR count). The van der Waals surface area contributed by atoms with E-state index in [1.54, 1.807) is 13.0 Å². The Morgan fingerprint density at radius 3 is 2.20 bits per heavy atom. The van der Waals surface area contributed by atoms with Crippen molar-refractivity contribution in [1.29, 1.82) is 0 Å². The van der Waals surface area contributed by atoms with Crippen LogP contribution in [-0.2, 0) is 14.6 Å². The van der Waals surface area contributed by atoms with Gasteiger partial charge in [-0.25, -0.2) is 18.0 Å². The lowest BCUT2D eigenvalue weighted by Gasteiger charge is -2.24. The summed E-state index contributed by atoms with van der Waals surface area (Å²) in [6.45, 7) is 1.72. The van der Waals surface area contributed by atoms with Crippen molar-refractivity contribution in [1.82, 2.24) is 4.90 Å². The van der Waals surface area contributed by atoms with Crippen molar-refractivity contribution in [2.45, 2.75) is 19.4 Å². The summed E-state index contributed by atoms with van der Waals surface area (Å²) >= 11 is 12.0. The second kappa shape index (κ2) is 9.10. The van der Waals surface area contributed by atoms with Crippen LogP contribution < -0.4 is 10.4 Å². The first-order valence-electron chi connectivity index (χ1n) is 10.2. The van der Waals surface area contributed by atoms with Crippen LogP contribution in [0.15, 0.2) is 45.6 Å². The minimum Gasteiger partial charge on any atom is -0.425 e. The molecular formula is C23H17Cl2NO8S. The van der Waals surface area contributed by atoms with E-state index < -0.39 is 51.5 Å². The van der Waals surface area contributed by atoms with Crippen LogP contribution in [0.5, 0.6) is 5.75 Å². The number of rotatable bonds is 6. The highest BCUT2D eigenvalue weighted by atomic mass is 35.5. The Morgan fingerprint density at radius 2 is 1.63 bits per heavy atom. The van der Waals surface area contributed by atoms with Gasteiger partial charge in [0.2, 0.25) is 0 Å². The van der Waals surface area contributed by atoms with Crippen molar-refractivity contribution in [2.24, 2.45) is 0 Å². The number of esters is 1. The number of hydrogen-bond acceptors (Lipinski definition) is 8. The smallest absolute Gasteiger partial charge is 0.336 e. The van der Waals surface area contributed by atoms with Crippen molar-refractivity contribution < 1.29 is 32.0 Å². The maximum absolute atomic E-state index is 13.2. The summed E-state index contributed by atoms with van der Waals surface area (Å²) in [6.07, 6.45) is 0.567. The van der Waals surface area contributed by atoms with Crippen LogP contribution in [0.25, 0.3) is 11.0 Å². The molecule has 3 aromatic rings. The van der Waals surface area contributed by atoms with E-state index in [1.165, 1.54) is 30.3 Å². The molecule has 1 aliphatic rings. The summed E-state index contributed by atoms with van der Waals surface area (Å²) in [5, 5.41) is 0.695. The highest BCUT2D eigenvalue weighted by Crippen LogP contribution is 2.33. The Labute approximate surface area is 209 Å². The van der Waals surface area contributed by atoms with Crippen LogP contribution in [0.3, 0.4) is 0 Å². The SMILES string of the molecule is Cc1cc(=O)oc2cc(OC(=O)[C@@H](CCS(C)(=O)=O)N3C(=O)c4cc(Cl)c(Cl)cc4C3=O)ccc12. The maximum atomic E-state index is 13.2. The second-order valence-electron chi connectivity index (χ2n) is 8.05. The zero-order valence-electron chi connectivity index (χ0n) is 18.3. The van der Waals surface area contributed by atoms with Crippen LogP contribution in [0, 0.1) is 6.92 Å². The van der Waals surface area contributed by atoms with E-state index in [2.05, 4.69) is 0 Å². The van der Waals surface area contributed by atoms with Gasteiger partial charge in [0.1, 0.15) is 27.2 Å². The molecular weight excluding hydrogens is 521 g/mol. The third-order valence-corrected chi connectivity index (χ3v) is 7.15. The van der Waals surface area contributed by atoms with E-state index in [1.807, 2.05) is 0 Å². The number of carbonyl (C=O) groups is 3. The largest absolute Gasteiger partial charge is 0.425 e. The molecule has 0 aliphatic carbocycles. The molecule has 9 nitrogen and oxygen atoms in total. The van der Waals surface area contributed by atoms with Crippen LogP contribution >= 0.6 is 23.2 Å². The number of carbonyl (C=O) groups excluding carboxylic acids is 3. The maximum Gasteiger partial charge on any atom is 0.336 e. The number of ether oxygens (including phenoxy) is 1. The lowest BCUT2D eigenvalue weighted by molar-refractivity contribution is -0.138. The molecule has 2 aromatic carbocycles. The normalized spacial score (nSPS) is 14.3. The summed E-state index contributed by atoms with van der Waals surface area (Å²) in [7, 11) is -3.56. The predicted molar refractivity (Wildman–Crippen MR) is 128 cm³/mol. The van der Waals surface area contributed by atoms with Gasteiger partial charge >= 0.3 is 11.6 Å². The fourth-order valence-electron chi connectivity index (χ4n) is 3.77. The number of sulfone groups is 1. The van der Waals surface area contributed by atoms with Crippen LogP contribution in [-0.4, -0.2) is 49.2 Å². The van der Waals surface area contributed by atoms with Gasteiger partial charge in [0, 0.05) is 23.8 Å². The molecule has 2 heterocycles. The van der Waals surface area contributed by atoms with Gasteiger partial charge in [-0.1, -0.05) is 23.2 Å². The number of imide groups is 1. The van der Waals surface area contributed by atoms with Crippen molar-refractivity contribution in [3.8, 4) is 5.75 Å². The Morgan fingerprint density at radius 1 is 1.03 bits per heavy atom. The third kappa shape index (κ3) is 4.95. The van der Waals surface area contributed by atoms with Gasteiger partial charge in [-0.2, -0.15) is 0 Å². The first-order chi connectivity index (χ1) is 16.4.